The highest BCUT2D eigenvalue weighted by molar-refractivity contribution is 7.09. The molecule has 0 spiro atoms. The Hall–Kier alpha value is -1.67. The molecule has 0 saturated carbocycles. The van der Waals surface area contributed by atoms with E-state index >= 15 is 0 Å². The van der Waals surface area contributed by atoms with E-state index in [4.69, 9.17) is 4.74 Å². The third-order valence-electron chi connectivity index (χ3n) is 3.36. The lowest BCUT2D eigenvalue weighted by atomic mass is 10.00. The van der Waals surface area contributed by atoms with Crippen molar-refractivity contribution in [2.45, 2.75) is 25.4 Å². The van der Waals surface area contributed by atoms with Crippen LogP contribution < -0.4 is 5.32 Å². The summed E-state index contributed by atoms with van der Waals surface area (Å²) in [6.07, 6.45) is -3.64. The van der Waals surface area contributed by atoms with Gasteiger partial charge >= 0.3 is 6.18 Å². The van der Waals surface area contributed by atoms with Crippen molar-refractivity contribution >= 4 is 16.7 Å². The van der Waals surface area contributed by atoms with Crippen LogP contribution in [0.3, 0.4) is 0 Å². The first-order valence-corrected chi connectivity index (χ1v) is 7.90. The van der Waals surface area contributed by atoms with Crippen LogP contribution in [0.4, 0.5) is 18.3 Å². The normalized spacial score (nSPS) is 13.1. The number of nitrogens with one attached hydrogen (secondary N) is 1. The van der Waals surface area contributed by atoms with Gasteiger partial charge in [0.15, 0.2) is 0 Å². The molecule has 1 aromatic heterocycles. The number of aromatic nitrogens is 2. The van der Waals surface area contributed by atoms with Gasteiger partial charge in [-0.3, -0.25) is 0 Å². The van der Waals surface area contributed by atoms with Gasteiger partial charge in [0.05, 0.1) is 12.2 Å². The summed E-state index contributed by atoms with van der Waals surface area (Å²) in [6, 6.07) is 5.25. The van der Waals surface area contributed by atoms with Gasteiger partial charge in [-0.2, -0.15) is 17.5 Å². The van der Waals surface area contributed by atoms with Crippen LogP contribution in [0.2, 0.25) is 0 Å². The van der Waals surface area contributed by atoms with E-state index in [-0.39, 0.29) is 5.92 Å². The van der Waals surface area contributed by atoms with Gasteiger partial charge in [0, 0.05) is 31.6 Å². The summed E-state index contributed by atoms with van der Waals surface area (Å²) >= 11 is 1.27. The molecule has 126 valence electrons. The monoisotopic (exact) mass is 345 g/mol. The van der Waals surface area contributed by atoms with Crippen molar-refractivity contribution in [1.82, 2.24) is 9.36 Å². The fraction of sp³-hybridized carbons (Fsp3) is 0.467. The minimum absolute atomic E-state index is 0.0589. The second-order valence-corrected chi connectivity index (χ2v) is 5.91. The fourth-order valence-corrected chi connectivity index (χ4v) is 2.60. The summed E-state index contributed by atoms with van der Waals surface area (Å²) < 4.78 is 46.8. The van der Waals surface area contributed by atoms with Gasteiger partial charge in [-0.1, -0.05) is 19.1 Å². The molecule has 23 heavy (non-hydrogen) atoms. The van der Waals surface area contributed by atoms with Crippen LogP contribution in [-0.4, -0.2) is 29.6 Å². The Morgan fingerprint density at radius 3 is 2.57 bits per heavy atom. The van der Waals surface area contributed by atoms with Crippen LogP contribution in [0.1, 0.15) is 29.8 Å². The largest absolute Gasteiger partial charge is 0.416 e. The average Bonchev–Trinajstić information content (AvgIpc) is 2.98. The van der Waals surface area contributed by atoms with Crippen LogP contribution >= 0.6 is 11.5 Å². The number of alkyl halides is 3. The zero-order chi connectivity index (χ0) is 16.9. The number of hydrogen-bond donors (Lipinski definition) is 1. The van der Waals surface area contributed by atoms with Gasteiger partial charge < -0.3 is 10.1 Å². The number of nitrogens with zero attached hydrogens (tertiary/aromatic N) is 2. The summed E-state index contributed by atoms with van der Waals surface area (Å²) in [5.41, 5.74) is 0.211. The molecule has 0 bridgehead atoms. The molecule has 2 rings (SSSR count). The number of anilines is 1. The Morgan fingerprint density at radius 1 is 1.26 bits per heavy atom. The number of halogens is 3. The second-order valence-electron chi connectivity index (χ2n) is 5.16. The SMILES string of the molecule is COCCc1nsc(NCC(C)c2ccc(C(F)(F)F)cc2)n1. The number of methoxy groups -OCH3 is 1. The van der Waals surface area contributed by atoms with E-state index < -0.39 is 11.7 Å². The van der Waals surface area contributed by atoms with Crippen molar-refractivity contribution < 1.29 is 17.9 Å². The maximum atomic E-state index is 12.5. The number of ether oxygens (including phenoxy) is 1. The Morgan fingerprint density at radius 2 is 1.96 bits per heavy atom. The predicted octanol–water partition coefficient (Wildman–Crippen LogP) is 3.96. The Kier molecular flexibility index (Phi) is 5.95. The lowest BCUT2D eigenvalue weighted by Crippen LogP contribution is -2.11. The molecule has 0 aliphatic rings. The van der Waals surface area contributed by atoms with Crippen molar-refractivity contribution in [3.63, 3.8) is 0 Å². The third-order valence-corrected chi connectivity index (χ3v) is 4.07. The van der Waals surface area contributed by atoms with E-state index in [1.54, 1.807) is 7.11 Å². The molecular weight excluding hydrogens is 327 g/mol. The molecule has 1 heterocycles. The summed E-state index contributed by atoms with van der Waals surface area (Å²) in [6.45, 7) is 3.09. The quantitative estimate of drug-likeness (QED) is 0.825. The molecule has 0 amide bonds. The van der Waals surface area contributed by atoms with Crippen LogP contribution in [0, 0.1) is 0 Å². The van der Waals surface area contributed by atoms with Crippen molar-refractivity contribution in [1.29, 1.82) is 0 Å². The van der Waals surface area contributed by atoms with Gasteiger partial charge in [-0.15, -0.1) is 0 Å². The lowest BCUT2D eigenvalue weighted by Gasteiger charge is -2.13. The Labute approximate surface area is 136 Å². The summed E-state index contributed by atoms with van der Waals surface area (Å²) in [5.74, 6) is 0.783. The maximum absolute atomic E-state index is 12.5. The smallest absolute Gasteiger partial charge is 0.384 e. The first-order chi connectivity index (χ1) is 10.9. The van der Waals surface area contributed by atoms with Crippen LogP contribution in [0.5, 0.6) is 0 Å². The third kappa shape index (κ3) is 5.18. The summed E-state index contributed by atoms with van der Waals surface area (Å²) in [5, 5.41) is 3.87. The second kappa shape index (κ2) is 7.74. The van der Waals surface area contributed by atoms with Gasteiger partial charge in [-0.25, -0.2) is 4.98 Å². The number of rotatable bonds is 7. The van der Waals surface area contributed by atoms with Gasteiger partial charge in [0.25, 0.3) is 0 Å². The lowest BCUT2D eigenvalue weighted by molar-refractivity contribution is -0.137. The van der Waals surface area contributed by atoms with Gasteiger partial charge in [-0.05, 0) is 23.6 Å². The minimum atomic E-state index is -4.30. The first-order valence-electron chi connectivity index (χ1n) is 7.12. The molecular formula is C15H18F3N3OS. The molecule has 0 aliphatic carbocycles. The Bertz CT molecular complexity index is 613. The topological polar surface area (TPSA) is 47.0 Å². The molecule has 2 aromatic rings. The molecule has 0 fully saturated rings. The molecule has 8 heteroatoms. The van der Waals surface area contributed by atoms with Crippen LogP contribution in [0.25, 0.3) is 0 Å². The van der Waals surface area contributed by atoms with Gasteiger partial charge in [0.2, 0.25) is 5.13 Å². The van der Waals surface area contributed by atoms with Crippen molar-refractivity contribution in [2.75, 3.05) is 25.6 Å². The predicted molar refractivity (Wildman–Crippen MR) is 83.8 cm³/mol. The summed E-state index contributed by atoms with van der Waals surface area (Å²) in [4.78, 5) is 4.33. The van der Waals surface area contributed by atoms with E-state index in [0.29, 0.717) is 24.7 Å². The van der Waals surface area contributed by atoms with Crippen LogP contribution in [0.15, 0.2) is 24.3 Å². The van der Waals surface area contributed by atoms with Gasteiger partial charge in [0.1, 0.15) is 5.82 Å². The van der Waals surface area contributed by atoms with Crippen molar-refractivity contribution in [3.8, 4) is 0 Å². The molecule has 0 aliphatic heterocycles. The molecule has 1 atom stereocenters. The molecule has 1 unspecified atom stereocenters. The zero-order valence-corrected chi connectivity index (χ0v) is 13.7. The summed E-state index contributed by atoms with van der Waals surface area (Å²) in [7, 11) is 1.62. The Balaban J connectivity index is 1.89. The molecule has 1 aromatic carbocycles. The van der Waals surface area contributed by atoms with Crippen LogP contribution in [-0.2, 0) is 17.3 Å². The van der Waals surface area contributed by atoms with E-state index in [1.807, 2.05) is 6.92 Å². The van der Waals surface area contributed by atoms with E-state index in [1.165, 1.54) is 23.7 Å². The van der Waals surface area contributed by atoms with Crippen molar-refractivity contribution in [3.05, 3.63) is 41.2 Å². The highest BCUT2D eigenvalue weighted by Crippen LogP contribution is 2.30. The van der Waals surface area contributed by atoms with E-state index in [2.05, 4.69) is 14.7 Å². The average molecular weight is 345 g/mol. The maximum Gasteiger partial charge on any atom is 0.416 e. The molecule has 4 nitrogen and oxygen atoms in total. The zero-order valence-electron chi connectivity index (χ0n) is 12.9. The van der Waals surface area contributed by atoms with E-state index in [0.717, 1.165) is 23.5 Å². The highest BCUT2D eigenvalue weighted by Gasteiger charge is 2.30. The fourth-order valence-electron chi connectivity index (χ4n) is 1.98. The molecule has 1 N–H and O–H groups in total. The minimum Gasteiger partial charge on any atom is -0.384 e. The number of hydrogen-bond acceptors (Lipinski definition) is 5. The molecule has 0 saturated heterocycles. The van der Waals surface area contributed by atoms with E-state index in [9.17, 15) is 13.2 Å². The first kappa shape index (κ1) is 17.7. The highest BCUT2D eigenvalue weighted by atomic mass is 32.1. The standard InChI is InChI=1S/C15H18F3N3OS/c1-10(11-3-5-12(6-4-11)15(16,17)18)9-19-14-20-13(21-23-14)7-8-22-2/h3-6,10H,7-9H2,1-2H3,(H,19,20,21). The molecule has 0 radical (unpaired) electrons. The number of benzene rings is 1. The van der Waals surface area contributed by atoms with Crippen molar-refractivity contribution in [2.24, 2.45) is 0 Å².